The normalized spacial score (nSPS) is 14.8. The van der Waals surface area contributed by atoms with Crippen LogP contribution in [0.4, 0.5) is 0 Å². The SMILES string of the molecule is CCN(Cc1cn(C)nn1)Cc1cc2n(n1)CCCC2. The Morgan fingerprint density at radius 3 is 2.80 bits per heavy atom. The van der Waals surface area contributed by atoms with E-state index in [1.807, 2.05) is 13.2 Å². The van der Waals surface area contributed by atoms with E-state index in [0.29, 0.717) is 0 Å². The molecule has 0 spiro atoms. The number of hydrogen-bond acceptors (Lipinski definition) is 4. The van der Waals surface area contributed by atoms with Crippen LogP contribution in [0.1, 0.15) is 36.8 Å². The van der Waals surface area contributed by atoms with Gasteiger partial charge in [0, 0.05) is 38.6 Å². The summed E-state index contributed by atoms with van der Waals surface area (Å²) in [7, 11) is 1.90. The van der Waals surface area contributed by atoms with Gasteiger partial charge in [-0.05, 0) is 31.9 Å². The van der Waals surface area contributed by atoms with E-state index >= 15 is 0 Å². The van der Waals surface area contributed by atoms with Crippen LogP contribution < -0.4 is 0 Å². The second-order valence-corrected chi connectivity index (χ2v) is 5.49. The van der Waals surface area contributed by atoms with Crippen LogP contribution in [0, 0.1) is 0 Å². The summed E-state index contributed by atoms with van der Waals surface area (Å²) in [6, 6.07) is 2.26. The van der Waals surface area contributed by atoms with Crippen molar-refractivity contribution in [3.05, 3.63) is 29.3 Å². The molecule has 0 amide bonds. The van der Waals surface area contributed by atoms with Gasteiger partial charge < -0.3 is 0 Å². The van der Waals surface area contributed by atoms with Gasteiger partial charge in [0.05, 0.1) is 11.4 Å². The highest BCUT2D eigenvalue weighted by atomic mass is 15.4. The van der Waals surface area contributed by atoms with Crippen molar-refractivity contribution in [1.82, 2.24) is 29.7 Å². The molecule has 0 N–H and O–H groups in total. The maximum atomic E-state index is 4.72. The Labute approximate surface area is 119 Å². The highest BCUT2D eigenvalue weighted by Gasteiger charge is 2.14. The highest BCUT2D eigenvalue weighted by Crippen LogP contribution is 2.16. The number of aromatic nitrogens is 5. The summed E-state index contributed by atoms with van der Waals surface area (Å²) in [5, 5.41) is 12.9. The molecule has 0 saturated carbocycles. The predicted octanol–water partition coefficient (Wildman–Crippen LogP) is 1.37. The number of rotatable bonds is 5. The van der Waals surface area contributed by atoms with Gasteiger partial charge >= 0.3 is 0 Å². The molecule has 6 heteroatoms. The molecule has 0 saturated heterocycles. The molecule has 0 unspecified atom stereocenters. The van der Waals surface area contributed by atoms with Gasteiger partial charge in [-0.15, -0.1) is 5.10 Å². The largest absolute Gasteiger partial charge is 0.292 e. The maximum absolute atomic E-state index is 4.72. The number of fused-ring (bicyclic) bond motifs is 1. The zero-order chi connectivity index (χ0) is 13.9. The molecule has 0 aromatic carbocycles. The van der Waals surface area contributed by atoms with E-state index in [9.17, 15) is 0 Å². The minimum Gasteiger partial charge on any atom is -0.292 e. The van der Waals surface area contributed by atoms with Crippen molar-refractivity contribution < 1.29 is 0 Å². The lowest BCUT2D eigenvalue weighted by molar-refractivity contribution is 0.263. The van der Waals surface area contributed by atoms with E-state index in [-0.39, 0.29) is 0 Å². The van der Waals surface area contributed by atoms with Crippen LogP contribution in [0.15, 0.2) is 12.3 Å². The fraction of sp³-hybridized carbons (Fsp3) is 0.643. The van der Waals surface area contributed by atoms with E-state index in [1.165, 1.54) is 30.7 Å². The molecule has 1 aliphatic heterocycles. The van der Waals surface area contributed by atoms with Crippen molar-refractivity contribution in [3.63, 3.8) is 0 Å². The first kappa shape index (κ1) is 13.3. The Balaban J connectivity index is 1.66. The zero-order valence-electron chi connectivity index (χ0n) is 12.3. The van der Waals surface area contributed by atoms with Crippen LogP contribution >= 0.6 is 0 Å². The first-order valence-corrected chi connectivity index (χ1v) is 7.37. The van der Waals surface area contributed by atoms with Gasteiger partial charge in [0.25, 0.3) is 0 Å². The summed E-state index contributed by atoms with van der Waals surface area (Å²) in [6.45, 7) is 5.94. The molecule has 3 heterocycles. The van der Waals surface area contributed by atoms with E-state index in [4.69, 9.17) is 5.10 Å². The van der Waals surface area contributed by atoms with Crippen molar-refractivity contribution >= 4 is 0 Å². The standard InChI is InChI=1S/C14H22N6/c1-3-19(11-13-9-18(2)17-15-13)10-12-8-14-6-4-5-7-20(14)16-12/h8-9H,3-7,10-11H2,1-2H3. The second-order valence-electron chi connectivity index (χ2n) is 5.49. The summed E-state index contributed by atoms with van der Waals surface area (Å²) in [5.74, 6) is 0. The van der Waals surface area contributed by atoms with Gasteiger partial charge in [-0.3, -0.25) is 14.3 Å². The van der Waals surface area contributed by atoms with Crippen LogP contribution in [-0.2, 0) is 33.1 Å². The molecular weight excluding hydrogens is 252 g/mol. The van der Waals surface area contributed by atoms with Gasteiger partial charge in [0.1, 0.15) is 0 Å². The fourth-order valence-corrected chi connectivity index (χ4v) is 2.76. The molecule has 1 aliphatic rings. The molecule has 0 radical (unpaired) electrons. The third-order valence-corrected chi connectivity index (χ3v) is 3.84. The van der Waals surface area contributed by atoms with E-state index in [2.05, 4.69) is 32.9 Å². The number of hydrogen-bond donors (Lipinski definition) is 0. The van der Waals surface area contributed by atoms with Crippen molar-refractivity contribution in [3.8, 4) is 0 Å². The van der Waals surface area contributed by atoms with Crippen LogP contribution in [0.25, 0.3) is 0 Å². The Morgan fingerprint density at radius 2 is 2.10 bits per heavy atom. The minimum atomic E-state index is 0.826. The first-order valence-electron chi connectivity index (χ1n) is 7.37. The summed E-state index contributed by atoms with van der Waals surface area (Å²) in [4.78, 5) is 2.35. The van der Waals surface area contributed by atoms with E-state index < -0.39 is 0 Å². The lowest BCUT2D eigenvalue weighted by Gasteiger charge is -2.17. The van der Waals surface area contributed by atoms with E-state index in [0.717, 1.165) is 31.9 Å². The molecule has 0 bridgehead atoms. The van der Waals surface area contributed by atoms with Crippen LogP contribution in [0.2, 0.25) is 0 Å². The van der Waals surface area contributed by atoms with Gasteiger partial charge in [-0.2, -0.15) is 5.10 Å². The molecule has 2 aromatic rings. The van der Waals surface area contributed by atoms with Crippen molar-refractivity contribution in [2.24, 2.45) is 7.05 Å². The molecular formula is C14H22N6. The molecule has 0 fully saturated rings. The number of nitrogens with zero attached hydrogens (tertiary/aromatic N) is 6. The summed E-state index contributed by atoms with van der Waals surface area (Å²) >= 11 is 0. The Kier molecular flexibility index (Phi) is 3.82. The van der Waals surface area contributed by atoms with Gasteiger partial charge in [-0.1, -0.05) is 12.1 Å². The summed E-state index contributed by atoms with van der Waals surface area (Å²) in [6.07, 6.45) is 5.69. The van der Waals surface area contributed by atoms with Gasteiger partial charge in [-0.25, -0.2) is 0 Å². The van der Waals surface area contributed by atoms with Gasteiger partial charge in [0.2, 0.25) is 0 Å². The van der Waals surface area contributed by atoms with Crippen LogP contribution in [0.3, 0.4) is 0 Å². The van der Waals surface area contributed by atoms with Crippen LogP contribution in [0.5, 0.6) is 0 Å². The average Bonchev–Trinajstić information content (AvgIpc) is 3.03. The molecule has 6 nitrogen and oxygen atoms in total. The summed E-state index contributed by atoms with van der Waals surface area (Å²) in [5.41, 5.74) is 3.58. The molecule has 20 heavy (non-hydrogen) atoms. The Hall–Kier alpha value is -1.69. The third-order valence-electron chi connectivity index (χ3n) is 3.84. The van der Waals surface area contributed by atoms with Crippen molar-refractivity contribution in [1.29, 1.82) is 0 Å². The summed E-state index contributed by atoms with van der Waals surface area (Å²) < 4.78 is 3.92. The first-order chi connectivity index (χ1) is 9.74. The second kappa shape index (κ2) is 5.75. The van der Waals surface area contributed by atoms with Crippen molar-refractivity contribution in [2.75, 3.05) is 6.54 Å². The zero-order valence-corrected chi connectivity index (χ0v) is 12.3. The third kappa shape index (κ3) is 2.90. The lowest BCUT2D eigenvalue weighted by Crippen LogP contribution is -2.23. The Bertz CT molecular complexity index is 546. The highest BCUT2D eigenvalue weighted by molar-refractivity contribution is 5.12. The molecule has 0 aliphatic carbocycles. The maximum Gasteiger partial charge on any atom is 0.0967 e. The lowest BCUT2D eigenvalue weighted by atomic mass is 10.1. The Morgan fingerprint density at radius 1 is 1.25 bits per heavy atom. The van der Waals surface area contributed by atoms with E-state index in [1.54, 1.807) is 4.68 Å². The molecule has 108 valence electrons. The van der Waals surface area contributed by atoms with Crippen molar-refractivity contribution in [2.45, 2.75) is 45.8 Å². The average molecular weight is 274 g/mol. The van der Waals surface area contributed by atoms with Crippen LogP contribution in [-0.4, -0.2) is 36.2 Å². The molecule has 0 atom stereocenters. The quantitative estimate of drug-likeness (QED) is 0.826. The smallest absolute Gasteiger partial charge is 0.0967 e. The fourth-order valence-electron chi connectivity index (χ4n) is 2.76. The molecule has 3 rings (SSSR count). The van der Waals surface area contributed by atoms with Gasteiger partial charge in [0.15, 0.2) is 0 Å². The predicted molar refractivity (Wildman–Crippen MR) is 76.0 cm³/mol. The number of aryl methyl sites for hydroxylation is 3. The molecule has 2 aromatic heterocycles. The monoisotopic (exact) mass is 274 g/mol. The minimum absolute atomic E-state index is 0.826. The topological polar surface area (TPSA) is 51.8 Å².